The summed E-state index contributed by atoms with van der Waals surface area (Å²) in [6, 6.07) is 7.54. The second kappa shape index (κ2) is 6.26. The predicted octanol–water partition coefficient (Wildman–Crippen LogP) is 1.53. The summed E-state index contributed by atoms with van der Waals surface area (Å²) in [6.07, 6.45) is 0.987. The maximum Gasteiger partial charge on any atom is 0.313 e. The van der Waals surface area contributed by atoms with E-state index in [9.17, 15) is 14.7 Å². The maximum absolute atomic E-state index is 12.0. The highest BCUT2D eigenvalue weighted by molar-refractivity contribution is 5.80. The normalized spacial score (nSPS) is 24.8. The van der Waals surface area contributed by atoms with Crippen LogP contribution in [0.4, 0.5) is 0 Å². The molecule has 0 aromatic heterocycles. The number of hydrogen-bond donors (Lipinski definition) is 2. The summed E-state index contributed by atoms with van der Waals surface area (Å²) in [5, 5.41) is 12.1. The van der Waals surface area contributed by atoms with Crippen molar-refractivity contribution in [2.24, 2.45) is 5.41 Å². The average molecular weight is 291 g/mol. The second-order valence-electron chi connectivity index (χ2n) is 5.85. The largest absolute Gasteiger partial charge is 0.481 e. The molecule has 5 nitrogen and oxygen atoms in total. The molecule has 0 aliphatic carbocycles. The van der Waals surface area contributed by atoms with Crippen LogP contribution in [0.25, 0.3) is 0 Å². The van der Waals surface area contributed by atoms with Crippen molar-refractivity contribution in [1.82, 2.24) is 5.32 Å². The topological polar surface area (TPSA) is 75.6 Å². The monoisotopic (exact) mass is 291 g/mol. The van der Waals surface area contributed by atoms with Crippen LogP contribution in [-0.4, -0.2) is 36.2 Å². The lowest BCUT2D eigenvalue weighted by molar-refractivity contribution is -0.149. The molecule has 114 valence electrons. The predicted molar refractivity (Wildman–Crippen MR) is 78.0 cm³/mol. The number of aliphatic carboxylic acids is 1. The molecule has 1 fully saturated rings. The zero-order chi connectivity index (χ0) is 15.5. The molecule has 2 rings (SSSR count). The zero-order valence-electron chi connectivity index (χ0n) is 12.4. The summed E-state index contributed by atoms with van der Waals surface area (Å²) in [5.41, 5.74) is 1.23. The fourth-order valence-corrected chi connectivity index (χ4v) is 2.48. The molecule has 1 aromatic rings. The van der Waals surface area contributed by atoms with E-state index in [1.807, 2.05) is 31.2 Å². The van der Waals surface area contributed by atoms with Crippen LogP contribution in [0.2, 0.25) is 0 Å². The highest BCUT2D eigenvalue weighted by atomic mass is 16.5. The van der Waals surface area contributed by atoms with Gasteiger partial charge < -0.3 is 15.2 Å². The summed E-state index contributed by atoms with van der Waals surface area (Å²) in [6.45, 7) is 4.00. The van der Waals surface area contributed by atoms with Gasteiger partial charge in [-0.05, 0) is 25.8 Å². The highest BCUT2D eigenvalue weighted by Crippen LogP contribution is 2.28. The Morgan fingerprint density at radius 2 is 2.24 bits per heavy atom. The van der Waals surface area contributed by atoms with E-state index in [0.717, 1.165) is 11.1 Å². The second-order valence-corrected chi connectivity index (χ2v) is 5.85. The third kappa shape index (κ3) is 3.61. The smallest absolute Gasteiger partial charge is 0.313 e. The average Bonchev–Trinajstić information content (AvgIpc) is 2.79. The van der Waals surface area contributed by atoms with Crippen LogP contribution in [-0.2, 0) is 20.7 Å². The molecule has 0 saturated carbocycles. The summed E-state index contributed by atoms with van der Waals surface area (Å²) < 4.78 is 5.22. The van der Waals surface area contributed by atoms with Crippen LogP contribution in [0.3, 0.4) is 0 Å². The summed E-state index contributed by atoms with van der Waals surface area (Å²) in [5.74, 6) is -1.08. The Hall–Kier alpha value is -1.88. The Kier molecular flexibility index (Phi) is 4.63. The van der Waals surface area contributed by atoms with Crippen molar-refractivity contribution in [3.8, 4) is 0 Å². The first-order chi connectivity index (χ1) is 9.91. The van der Waals surface area contributed by atoms with E-state index in [1.54, 1.807) is 6.92 Å². The number of carbonyl (C=O) groups excluding carboxylic acids is 1. The molecule has 2 unspecified atom stereocenters. The van der Waals surface area contributed by atoms with Gasteiger partial charge >= 0.3 is 5.97 Å². The fourth-order valence-electron chi connectivity index (χ4n) is 2.48. The lowest BCUT2D eigenvalue weighted by Crippen LogP contribution is -2.49. The third-order valence-corrected chi connectivity index (χ3v) is 4.00. The summed E-state index contributed by atoms with van der Waals surface area (Å²) >= 11 is 0. The number of benzene rings is 1. The zero-order valence-corrected chi connectivity index (χ0v) is 12.4. The SMILES string of the molecule is Cc1cccc(CCC(=O)NC2COCC2(C)C(=O)O)c1. The van der Waals surface area contributed by atoms with Gasteiger partial charge in [0.2, 0.25) is 5.91 Å². The number of carboxylic acids is 1. The van der Waals surface area contributed by atoms with Gasteiger partial charge in [0.25, 0.3) is 0 Å². The number of nitrogens with one attached hydrogen (secondary N) is 1. The van der Waals surface area contributed by atoms with Gasteiger partial charge in [0.15, 0.2) is 0 Å². The lowest BCUT2D eigenvalue weighted by Gasteiger charge is -2.25. The molecule has 1 amide bonds. The Bertz CT molecular complexity index is 543. The van der Waals surface area contributed by atoms with Crippen molar-refractivity contribution >= 4 is 11.9 Å². The van der Waals surface area contributed by atoms with Crippen LogP contribution >= 0.6 is 0 Å². The first-order valence-corrected chi connectivity index (χ1v) is 7.08. The van der Waals surface area contributed by atoms with Gasteiger partial charge in [-0.2, -0.15) is 0 Å². The third-order valence-electron chi connectivity index (χ3n) is 4.00. The van der Waals surface area contributed by atoms with Crippen molar-refractivity contribution in [3.63, 3.8) is 0 Å². The molecule has 1 aliphatic heterocycles. The number of carbonyl (C=O) groups is 2. The van der Waals surface area contributed by atoms with E-state index in [-0.39, 0.29) is 19.1 Å². The minimum atomic E-state index is -1.04. The van der Waals surface area contributed by atoms with E-state index in [4.69, 9.17) is 4.74 Å². The van der Waals surface area contributed by atoms with Crippen molar-refractivity contribution in [1.29, 1.82) is 0 Å². The Morgan fingerprint density at radius 1 is 1.48 bits per heavy atom. The van der Waals surface area contributed by atoms with Crippen LogP contribution < -0.4 is 5.32 Å². The fraction of sp³-hybridized carbons (Fsp3) is 0.500. The van der Waals surface area contributed by atoms with Crippen LogP contribution in [0.15, 0.2) is 24.3 Å². The van der Waals surface area contributed by atoms with Gasteiger partial charge in [0, 0.05) is 6.42 Å². The molecule has 21 heavy (non-hydrogen) atoms. The molecule has 1 heterocycles. The minimum absolute atomic E-state index is 0.130. The molecule has 2 atom stereocenters. The molecule has 0 spiro atoms. The van der Waals surface area contributed by atoms with Crippen molar-refractivity contribution in [2.45, 2.75) is 32.7 Å². The molecule has 1 saturated heterocycles. The maximum atomic E-state index is 12.0. The van der Waals surface area contributed by atoms with Crippen molar-refractivity contribution in [2.75, 3.05) is 13.2 Å². The number of ether oxygens (including phenoxy) is 1. The summed E-state index contributed by atoms with van der Waals surface area (Å²) in [4.78, 5) is 23.3. The first-order valence-electron chi connectivity index (χ1n) is 7.08. The molecule has 1 aromatic carbocycles. The number of hydrogen-bond acceptors (Lipinski definition) is 3. The number of carboxylic acid groups (broad SMARTS) is 1. The molecule has 0 radical (unpaired) electrons. The molecule has 5 heteroatoms. The molecular weight excluding hydrogens is 270 g/mol. The molecule has 2 N–H and O–H groups in total. The van der Waals surface area contributed by atoms with Crippen molar-refractivity contribution in [3.05, 3.63) is 35.4 Å². The van der Waals surface area contributed by atoms with E-state index in [2.05, 4.69) is 5.32 Å². The van der Waals surface area contributed by atoms with Gasteiger partial charge in [0.05, 0.1) is 19.3 Å². The minimum Gasteiger partial charge on any atom is -0.481 e. The number of aryl methyl sites for hydroxylation is 2. The van der Waals surface area contributed by atoms with Gasteiger partial charge in [-0.15, -0.1) is 0 Å². The van der Waals surface area contributed by atoms with Crippen LogP contribution in [0.5, 0.6) is 0 Å². The van der Waals surface area contributed by atoms with E-state index < -0.39 is 17.4 Å². The van der Waals surface area contributed by atoms with E-state index in [0.29, 0.717) is 12.8 Å². The first kappa shape index (κ1) is 15.5. The van der Waals surface area contributed by atoms with Crippen molar-refractivity contribution < 1.29 is 19.4 Å². The molecule has 0 bridgehead atoms. The summed E-state index contributed by atoms with van der Waals surface area (Å²) in [7, 11) is 0. The Labute approximate surface area is 124 Å². The Morgan fingerprint density at radius 3 is 2.90 bits per heavy atom. The van der Waals surface area contributed by atoms with E-state index >= 15 is 0 Å². The van der Waals surface area contributed by atoms with Gasteiger partial charge in [-0.3, -0.25) is 9.59 Å². The number of rotatable bonds is 5. The highest BCUT2D eigenvalue weighted by Gasteiger charge is 2.47. The molecular formula is C16H21NO4. The van der Waals surface area contributed by atoms with E-state index in [1.165, 1.54) is 0 Å². The van der Waals surface area contributed by atoms with Crippen LogP contribution in [0.1, 0.15) is 24.5 Å². The van der Waals surface area contributed by atoms with Gasteiger partial charge in [-0.1, -0.05) is 29.8 Å². The Balaban J connectivity index is 1.89. The standard InChI is InChI=1S/C16H21NO4/c1-11-4-3-5-12(8-11)6-7-14(18)17-13-9-21-10-16(13,2)15(19)20/h3-5,8,13H,6-7,9-10H2,1-2H3,(H,17,18)(H,19,20). The lowest BCUT2D eigenvalue weighted by atomic mass is 9.85. The van der Waals surface area contributed by atoms with Gasteiger partial charge in [0.1, 0.15) is 5.41 Å². The van der Waals surface area contributed by atoms with Gasteiger partial charge in [-0.25, -0.2) is 0 Å². The van der Waals surface area contributed by atoms with Crippen LogP contribution in [0, 0.1) is 12.3 Å². The number of amides is 1. The molecule has 1 aliphatic rings. The quantitative estimate of drug-likeness (QED) is 0.862.